The van der Waals surface area contributed by atoms with Crippen LogP contribution in [0.4, 0.5) is 0 Å². The highest BCUT2D eigenvalue weighted by molar-refractivity contribution is 4.71. The van der Waals surface area contributed by atoms with Gasteiger partial charge in [-0.3, -0.25) is 0 Å². The Balaban J connectivity index is 2.28. The van der Waals surface area contributed by atoms with Gasteiger partial charge in [-0.15, -0.1) is 0 Å². The standard InChI is InChI=1S/C12H24O/c1-2-3-8-11-9-6-4-5-7-10-12(11)13/h11-13H,2-10H2,1H3. The summed E-state index contributed by atoms with van der Waals surface area (Å²) in [6.07, 6.45) is 11.4. The van der Waals surface area contributed by atoms with Gasteiger partial charge < -0.3 is 5.11 Å². The maximum Gasteiger partial charge on any atom is 0.0568 e. The van der Waals surface area contributed by atoms with Crippen LogP contribution < -0.4 is 0 Å². The predicted molar refractivity (Wildman–Crippen MR) is 56.7 cm³/mol. The van der Waals surface area contributed by atoms with Gasteiger partial charge in [-0.05, 0) is 25.2 Å². The van der Waals surface area contributed by atoms with Crippen molar-refractivity contribution in [3.8, 4) is 0 Å². The number of unbranched alkanes of at least 4 members (excludes halogenated alkanes) is 1. The van der Waals surface area contributed by atoms with Gasteiger partial charge in [-0.25, -0.2) is 0 Å². The summed E-state index contributed by atoms with van der Waals surface area (Å²) in [5.74, 6) is 0.611. The quantitative estimate of drug-likeness (QED) is 0.711. The van der Waals surface area contributed by atoms with Gasteiger partial charge in [0.15, 0.2) is 0 Å². The van der Waals surface area contributed by atoms with Crippen LogP contribution in [0.5, 0.6) is 0 Å². The molecule has 0 radical (unpaired) electrons. The van der Waals surface area contributed by atoms with E-state index < -0.39 is 0 Å². The number of rotatable bonds is 3. The molecule has 1 rings (SSSR count). The zero-order valence-corrected chi connectivity index (χ0v) is 8.97. The topological polar surface area (TPSA) is 20.2 Å². The molecule has 0 aliphatic heterocycles. The third-order valence-electron chi connectivity index (χ3n) is 3.30. The molecule has 1 nitrogen and oxygen atoms in total. The first-order chi connectivity index (χ1) is 6.34. The van der Waals surface area contributed by atoms with Crippen molar-refractivity contribution in [3.05, 3.63) is 0 Å². The molecule has 0 aromatic heterocycles. The van der Waals surface area contributed by atoms with E-state index in [0.29, 0.717) is 5.92 Å². The molecule has 0 aromatic carbocycles. The van der Waals surface area contributed by atoms with Crippen LogP contribution in [0.15, 0.2) is 0 Å². The molecule has 1 aliphatic carbocycles. The molecule has 0 bridgehead atoms. The Hall–Kier alpha value is -0.0400. The summed E-state index contributed by atoms with van der Waals surface area (Å²) in [5, 5.41) is 9.90. The molecule has 2 atom stereocenters. The largest absolute Gasteiger partial charge is 0.393 e. The molecule has 0 saturated heterocycles. The monoisotopic (exact) mass is 184 g/mol. The molecule has 1 heteroatoms. The molecule has 0 heterocycles. The minimum atomic E-state index is 0.00634. The number of hydrogen-bond acceptors (Lipinski definition) is 1. The predicted octanol–water partition coefficient (Wildman–Crippen LogP) is 3.51. The molecule has 0 amide bonds. The van der Waals surface area contributed by atoms with E-state index in [4.69, 9.17) is 0 Å². The van der Waals surface area contributed by atoms with E-state index in [9.17, 15) is 5.11 Å². The van der Waals surface area contributed by atoms with E-state index in [2.05, 4.69) is 6.92 Å². The van der Waals surface area contributed by atoms with Crippen molar-refractivity contribution in [1.29, 1.82) is 0 Å². The Kier molecular flexibility index (Phi) is 5.45. The van der Waals surface area contributed by atoms with E-state index >= 15 is 0 Å². The highest BCUT2D eigenvalue weighted by atomic mass is 16.3. The van der Waals surface area contributed by atoms with E-state index in [0.717, 1.165) is 6.42 Å². The second kappa shape index (κ2) is 6.42. The second-order valence-electron chi connectivity index (χ2n) is 4.46. The lowest BCUT2D eigenvalue weighted by molar-refractivity contribution is 0.0777. The lowest BCUT2D eigenvalue weighted by Crippen LogP contribution is -2.21. The van der Waals surface area contributed by atoms with Crippen LogP contribution in [-0.4, -0.2) is 11.2 Å². The van der Waals surface area contributed by atoms with Crippen molar-refractivity contribution in [2.45, 2.75) is 70.8 Å². The van der Waals surface area contributed by atoms with Crippen LogP contribution in [-0.2, 0) is 0 Å². The fourth-order valence-electron chi connectivity index (χ4n) is 2.34. The van der Waals surface area contributed by atoms with Crippen molar-refractivity contribution in [1.82, 2.24) is 0 Å². The fraction of sp³-hybridized carbons (Fsp3) is 1.00. The van der Waals surface area contributed by atoms with Gasteiger partial charge in [0.05, 0.1) is 6.10 Å². The summed E-state index contributed by atoms with van der Waals surface area (Å²) >= 11 is 0. The minimum absolute atomic E-state index is 0.00634. The van der Waals surface area contributed by atoms with Gasteiger partial charge in [-0.2, -0.15) is 0 Å². The van der Waals surface area contributed by atoms with Crippen molar-refractivity contribution in [2.24, 2.45) is 5.92 Å². The lowest BCUT2D eigenvalue weighted by atomic mass is 9.85. The first-order valence-electron chi connectivity index (χ1n) is 6.02. The summed E-state index contributed by atoms with van der Waals surface area (Å²) in [6, 6.07) is 0. The van der Waals surface area contributed by atoms with Crippen LogP contribution in [0.3, 0.4) is 0 Å². The van der Waals surface area contributed by atoms with Crippen LogP contribution in [0.1, 0.15) is 64.7 Å². The van der Waals surface area contributed by atoms with E-state index in [1.54, 1.807) is 0 Å². The van der Waals surface area contributed by atoms with E-state index in [1.807, 2.05) is 0 Å². The Bertz CT molecular complexity index is 120. The van der Waals surface area contributed by atoms with Crippen molar-refractivity contribution < 1.29 is 5.11 Å². The van der Waals surface area contributed by atoms with E-state index in [1.165, 1.54) is 51.4 Å². The van der Waals surface area contributed by atoms with Crippen LogP contribution in [0, 0.1) is 5.92 Å². The van der Waals surface area contributed by atoms with Crippen molar-refractivity contribution in [2.75, 3.05) is 0 Å². The molecule has 0 spiro atoms. The third kappa shape index (κ3) is 4.12. The first kappa shape index (κ1) is 11.0. The first-order valence-corrected chi connectivity index (χ1v) is 6.02. The lowest BCUT2D eigenvalue weighted by Gasteiger charge is -2.25. The number of aliphatic hydroxyl groups excluding tert-OH is 1. The maximum atomic E-state index is 9.90. The number of hydrogen-bond donors (Lipinski definition) is 1. The molecule has 2 unspecified atom stereocenters. The van der Waals surface area contributed by atoms with Crippen LogP contribution >= 0.6 is 0 Å². The van der Waals surface area contributed by atoms with Gasteiger partial charge in [0.25, 0.3) is 0 Å². The summed E-state index contributed by atoms with van der Waals surface area (Å²) in [5.41, 5.74) is 0. The zero-order chi connectivity index (χ0) is 9.52. The van der Waals surface area contributed by atoms with Gasteiger partial charge in [0.2, 0.25) is 0 Å². The molecule has 1 saturated carbocycles. The normalized spacial score (nSPS) is 30.9. The molecule has 13 heavy (non-hydrogen) atoms. The molecule has 0 aromatic rings. The second-order valence-corrected chi connectivity index (χ2v) is 4.46. The molecular formula is C12H24O. The van der Waals surface area contributed by atoms with Gasteiger partial charge in [0.1, 0.15) is 0 Å². The highest BCUT2D eigenvalue weighted by Crippen LogP contribution is 2.26. The van der Waals surface area contributed by atoms with Crippen molar-refractivity contribution >= 4 is 0 Å². The Morgan fingerprint density at radius 2 is 1.77 bits per heavy atom. The summed E-state index contributed by atoms with van der Waals surface area (Å²) in [4.78, 5) is 0. The minimum Gasteiger partial charge on any atom is -0.393 e. The van der Waals surface area contributed by atoms with Crippen LogP contribution in [0.2, 0.25) is 0 Å². The SMILES string of the molecule is CCCCC1CCCCCCC1O. The molecule has 78 valence electrons. The third-order valence-corrected chi connectivity index (χ3v) is 3.30. The average Bonchev–Trinajstić information content (AvgIpc) is 2.11. The summed E-state index contributed by atoms with van der Waals surface area (Å²) in [6.45, 7) is 2.23. The van der Waals surface area contributed by atoms with Crippen molar-refractivity contribution in [3.63, 3.8) is 0 Å². The Labute approximate surface area is 82.5 Å². The summed E-state index contributed by atoms with van der Waals surface area (Å²) in [7, 11) is 0. The van der Waals surface area contributed by atoms with Crippen LogP contribution in [0.25, 0.3) is 0 Å². The molecule has 1 aliphatic rings. The van der Waals surface area contributed by atoms with Gasteiger partial charge >= 0.3 is 0 Å². The molecule has 1 N–H and O–H groups in total. The molecular weight excluding hydrogens is 160 g/mol. The highest BCUT2D eigenvalue weighted by Gasteiger charge is 2.19. The zero-order valence-electron chi connectivity index (χ0n) is 8.97. The summed E-state index contributed by atoms with van der Waals surface area (Å²) < 4.78 is 0. The molecule has 1 fully saturated rings. The maximum absolute atomic E-state index is 9.90. The van der Waals surface area contributed by atoms with Gasteiger partial charge in [0, 0.05) is 0 Å². The smallest absolute Gasteiger partial charge is 0.0568 e. The average molecular weight is 184 g/mol. The Morgan fingerprint density at radius 1 is 1.08 bits per heavy atom. The Morgan fingerprint density at radius 3 is 2.46 bits per heavy atom. The fourth-order valence-corrected chi connectivity index (χ4v) is 2.34. The van der Waals surface area contributed by atoms with E-state index in [-0.39, 0.29) is 6.10 Å². The number of aliphatic hydroxyl groups is 1. The van der Waals surface area contributed by atoms with Gasteiger partial charge in [-0.1, -0.05) is 45.4 Å².